The lowest BCUT2D eigenvalue weighted by Crippen LogP contribution is -2.63. The minimum absolute atomic E-state index is 0.0229. The standard InChI is InChI=1S/C39H57N3O9S/c1-22-13-12-14-30(48-11)39(47)21-29(49-36(46)40-39)25(4)34-38(8,51-34)31(50-35(45)26(5)41(9)32(43)15-16-37(6,7)52)20-33(44)42(10)28-19-27(17-22)18-23(2)24(28)3/h12-14,18-19,25-26,29-31,34,47,52H,15-17,20-21H2,1-11H3,(H,40,46)/b14-12+,22-13+/t25-,26+,29?,30-,31+,34+,38+,39+/m1/s1. The van der Waals surface area contributed by atoms with E-state index in [0.717, 1.165) is 28.0 Å². The van der Waals surface area contributed by atoms with Crippen LogP contribution >= 0.6 is 12.6 Å². The summed E-state index contributed by atoms with van der Waals surface area (Å²) in [5, 5.41) is 14.3. The van der Waals surface area contributed by atoms with Crippen LogP contribution in [0.15, 0.2) is 35.9 Å². The highest BCUT2D eigenvalue weighted by Gasteiger charge is 2.64. The maximum Gasteiger partial charge on any atom is 0.409 e. The number of carbonyl (C=O) groups excluding carboxylic acids is 4. The third-order valence-electron chi connectivity index (χ3n) is 10.9. The van der Waals surface area contributed by atoms with Crippen molar-refractivity contribution in [3.63, 3.8) is 0 Å². The number of aryl methyl sites for hydroxylation is 1. The zero-order valence-electron chi connectivity index (χ0n) is 32.4. The van der Waals surface area contributed by atoms with Gasteiger partial charge in [0.15, 0.2) is 5.72 Å². The number of methoxy groups -OCH3 is 1. The number of alkyl carbamates (subject to hydrolysis) is 1. The molecule has 0 aromatic heterocycles. The van der Waals surface area contributed by atoms with Gasteiger partial charge in [-0.05, 0) is 70.2 Å². The van der Waals surface area contributed by atoms with Crippen molar-refractivity contribution in [2.24, 2.45) is 5.92 Å². The topological polar surface area (TPSA) is 147 Å². The van der Waals surface area contributed by atoms with Gasteiger partial charge < -0.3 is 33.9 Å². The summed E-state index contributed by atoms with van der Waals surface area (Å²) in [4.78, 5) is 56.7. The molecule has 2 fully saturated rings. The number of amides is 3. The number of ether oxygens (including phenoxy) is 4. The molecule has 3 heterocycles. The van der Waals surface area contributed by atoms with E-state index in [4.69, 9.17) is 18.9 Å². The second kappa shape index (κ2) is 15.9. The molecule has 0 saturated carbocycles. The summed E-state index contributed by atoms with van der Waals surface area (Å²) < 4.78 is 23.4. The number of nitrogens with one attached hydrogen (secondary N) is 1. The van der Waals surface area contributed by atoms with Crippen LogP contribution in [0.25, 0.3) is 0 Å². The predicted molar refractivity (Wildman–Crippen MR) is 201 cm³/mol. The minimum atomic E-state index is -1.79. The second-order valence-electron chi connectivity index (χ2n) is 15.6. The number of nitrogens with zero attached hydrogens (tertiary/aromatic N) is 2. The number of aliphatic hydroxyl groups is 1. The fourth-order valence-corrected chi connectivity index (χ4v) is 7.15. The largest absolute Gasteiger partial charge is 0.457 e. The fraction of sp³-hybridized carbons (Fsp3) is 0.641. The van der Waals surface area contributed by atoms with Crippen LogP contribution in [-0.4, -0.2) is 102 Å². The molecule has 1 aromatic rings. The molecule has 3 aliphatic heterocycles. The van der Waals surface area contributed by atoms with Crippen molar-refractivity contribution in [3.05, 3.63) is 52.6 Å². The van der Waals surface area contributed by atoms with E-state index in [0.29, 0.717) is 12.8 Å². The summed E-state index contributed by atoms with van der Waals surface area (Å²) in [5.74, 6) is -1.71. The lowest BCUT2D eigenvalue weighted by molar-refractivity contribution is -0.162. The highest BCUT2D eigenvalue weighted by molar-refractivity contribution is 7.81. The zero-order valence-corrected chi connectivity index (χ0v) is 33.3. The number of thiol groups is 1. The molecule has 12 nitrogen and oxygen atoms in total. The molecule has 0 radical (unpaired) electrons. The van der Waals surface area contributed by atoms with E-state index in [9.17, 15) is 24.3 Å². The first-order valence-electron chi connectivity index (χ1n) is 17.9. The van der Waals surface area contributed by atoms with E-state index in [1.807, 2.05) is 53.7 Å². The number of fused-ring (bicyclic) bond motifs is 5. The van der Waals surface area contributed by atoms with Crippen LogP contribution in [0.2, 0.25) is 0 Å². The Kier molecular flexibility index (Phi) is 12.7. The molecule has 3 amide bonds. The van der Waals surface area contributed by atoms with Crippen LogP contribution in [0.4, 0.5) is 10.5 Å². The number of hydrogen-bond donors (Lipinski definition) is 3. The molecule has 1 aromatic carbocycles. The van der Waals surface area contributed by atoms with Crippen LogP contribution in [0.5, 0.6) is 0 Å². The molecular weight excluding hydrogens is 687 g/mol. The average molecular weight is 744 g/mol. The van der Waals surface area contributed by atoms with Crippen molar-refractivity contribution < 1.29 is 43.2 Å². The van der Waals surface area contributed by atoms with Gasteiger partial charge in [-0.3, -0.25) is 14.9 Å². The second-order valence-corrected chi connectivity index (χ2v) is 16.9. The van der Waals surface area contributed by atoms with Crippen LogP contribution in [-0.2, 0) is 39.8 Å². The Morgan fingerprint density at radius 1 is 1.23 bits per heavy atom. The molecule has 4 bridgehead atoms. The van der Waals surface area contributed by atoms with E-state index in [-0.39, 0.29) is 35.8 Å². The third kappa shape index (κ3) is 9.39. The number of allylic oxidation sites excluding steroid dienone is 3. The van der Waals surface area contributed by atoms with Crippen molar-refractivity contribution in [1.29, 1.82) is 0 Å². The van der Waals surface area contributed by atoms with Gasteiger partial charge in [-0.25, -0.2) is 9.59 Å². The predicted octanol–water partition coefficient (Wildman–Crippen LogP) is 4.96. The van der Waals surface area contributed by atoms with Gasteiger partial charge >= 0.3 is 12.1 Å². The lowest BCUT2D eigenvalue weighted by atomic mass is 9.83. The van der Waals surface area contributed by atoms with E-state index >= 15 is 0 Å². The van der Waals surface area contributed by atoms with Gasteiger partial charge in [0, 0.05) is 50.4 Å². The number of carbonyl (C=O) groups is 4. The minimum Gasteiger partial charge on any atom is -0.457 e. The first-order chi connectivity index (χ1) is 24.1. The molecule has 0 aliphatic carbocycles. The normalized spacial score (nSPS) is 32.0. The van der Waals surface area contributed by atoms with Gasteiger partial charge in [0.05, 0.1) is 12.5 Å². The van der Waals surface area contributed by atoms with Crippen molar-refractivity contribution >= 4 is 42.2 Å². The average Bonchev–Trinajstić information content (AvgIpc) is 3.76. The smallest absolute Gasteiger partial charge is 0.409 e. The number of rotatable bonds is 7. The highest BCUT2D eigenvalue weighted by Crippen LogP contribution is 2.49. The van der Waals surface area contributed by atoms with Crippen molar-refractivity contribution in [2.75, 3.05) is 26.1 Å². The van der Waals surface area contributed by atoms with Crippen molar-refractivity contribution in [2.45, 2.75) is 134 Å². The summed E-state index contributed by atoms with van der Waals surface area (Å²) in [5.41, 5.74) is 1.76. The van der Waals surface area contributed by atoms with Gasteiger partial charge in [-0.1, -0.05) is 50.6 Å². The SMILES string of the molecule is CO[C@@H]1/C=C/C=C(\C)Cc2cc(C)c(C)c(c2)N(C)C(=O)C[C@H](OC(=O)[C@H](C)N(C)C(=O)CCC(C)(C)S)[C@]2(C)O[C@H]2[C@H](C)C2C[C@@]1(O)NC(=O)O2. The van der Waals surface area contributed by atoms with E-state index in [1.165, 1.54) is 12.0 Å². The van der Waals surface area contributed by atoms with Gasteiger partial charge in [0.1, 0.15) is 30.0 Å². The fourth-order valence-electron chi connectivity index (χ4n) is 7.04. The Balaban J connectivity index is 1.72. The first-order valence-corrected chi connectivity index (χ1v) is 18.4. The maximum absolute atomic E-state index is 14.1. The molecule has 0 spiro atoms. The van der Waals surface area contributed by atoms with E-state index < -0.39 is 59.8 Å². The van der Waals surface area contributed by atoms with Gasteiger partial charge in [0.2, 0.25) is 11.8 Å². The molecule has 13 heteroatoms. The number of likely N-dealkylation sites (N-methyl/N-ethyl adjacent to an activating group) is 1. The Labute approximate surface area is 313 Å². The Hall–Kier alpha value is -3.39. The van der Waals surface area contributed by atoms with Crippen LogP contribution in [0, 0.1) is 19.8 Å². The summed E-state index contributed by atoms with van der Waals surface area (Å²) in [6.45, 7) is 15.0. The molecule has 3 aliphatic rings. The summed E-state index contributed by atoms with van der Waals surface area (Å²) in [7, 11) is 4.71. The molecule has 288 valence electrons. The maximum atomic E-state index is 14.1. The van der Waals surface area contributed by atoms with Crippen molar-refractivity contribution in [1.82, 2.24) is 10.2 Å². The lowest BCUT2D eigenvalue weighted by Gasteiger charge is -2.42. The highest BCUT2D eigenvalue weighted by atomic mass is 32.1. The summed E-state index contributed by atoms with van der Waals surface area (Å²) >= 11 is 4.51. The van der Waals surface area contributed by atoms with Gasteiger partial charge in [-0.2, -0.15) is 12.6 Å². The zero-order chi connectivity index (χ0) is 38.9. The van der Waals surface area contributed by atoms with E-state index in [1.54, 1.807) is 45.0 Å². The molecular formula is C39H57N3O9S. The van der Waals surface area contributed by atoms with Crippen LogP contribution in [0.3, 0.4) is 0 Å². The Morgan fingerprint density at radius 2 is 1.90 bits per heavy atom. The van der Waals surface area contributed by atoms with Crippen molar-refractivity contribution in [3.8, 4) is 0 Å². The molecule has 52 heavy (non-hydrogen) atoms. The monoisotopic (exact) mass is 743 g/mol. The van der Waals surface area contributed by atoms with Crippen LogP contribution < -0.4 is 10.2 Å². The Bertz CT molecular complexity index is 1610. The summed E-state index contributed by atoms with van der Waals surface area (Å²) in [6.07, 6.45) is 2.28. The number of hydrogen-bond acceptors (Lipinski definition) is 10. The van der Waals surface area contributed by atoms with Gasteiger partial charge in [0.25, 0.3) is 0 Å². The number of epoxide rings is 1. The molecule has 8 atom stereocenters. The molecule has 2 N–H and O–H groups in total. The number of esters is 1. The first kappa shape index (κ1) is 41.4. The Morgan fingerprint density at radius 3 is 2.54 bits per heavy atom. The van der Waals surface area contributed by atoms with Gasteiger partial charge in [-0.15, -0.1) is 0 Å². The van der Waals surface area contributed by atoms with Crippen LogP contribution in [0.1, 0.15) is 83.9 Å². The number of benzene rings is 1. The molecule has 1 unspecified atom stereocenters. The number of anilines is 1. The quantitative estimate of drug-likeness (QED) is 0.200. The third-order valence-corrected chi connectivity index (χ3v) is 11.1. The summed E-state index contributed by atoms with van der Waals surface area (Å²) in [6, 6.07) is 3.13. The molecule has 2 saturated heterocycles. The molecule has 4 rings (SSSR count). The van der Waals surface area contributed by atoms with E-state index in [2.05, 4.69) is 24.0 Å².